The first-order valence-corrected chi connectivity index (χ1v) is 11.1. The van der Waals surface area contributed by atoms with E-state index in [1.165, 1.54) is 18.2 Å². The molecule has 0 saturated carbocycles. The Hall–Kier alpha value is -3.35. The molecule has 7 heteroatoms. The van der Waals surface area contributed by atoms with Crippen LogP contribution >= 0.6 is 0 Å². The number of aryl methyl sites for hydroxylation is 1. The number of ether oxygens (including phenoxy) is 1. The van der Waals surface area contributed by atoms with Crippen LogP contribution in [0.4, 0.5) is 4.39 Å². The number of carbonyl (C=O) groups is 1. The Morgan fingerprint density at radius 3 is 2.75 bits per heavy atom. The van der Waals surface area contributed by atoms with Crippen molar-refractivity contribution >= 4 is 11.4 Å². The first kappa shape index (κ1) is 20.5. The molecule has 0 aliphatic carbocycles. The van der Waals surface area contributed by atoms with E-state index in [1.807, 2.05) is 28.5 Å². The van der Waals surface area contributed by atoms with Crippen molar-refractivity contribution in [3.8, 4) is 22.6 Å². The lowest BCUT2D eigenvalue weighted by molar-refractivity contribution is -0.131. The Labute approximate surface area is 185 Å². The van der Waals surface area contributed by atoms with Crippen LogP contribution in [-0.4, -0.2) is 43.5 Å². The van der Waals surface area contributed by atoms with E-state index in [4.69, 9.17) is 4.74 Å². The molecule has 3 aromatic rings. The number of aromatic nitrogens is 2. The fraction of sp³-hybridized carbons (Fsp3) is 0.360. The monoisotopic (exact) mass is 435 g/mol. The number of fused-ring (bicyclic) bond motifs is 3. The van der Waals surface area contributed by atoms with Crippen molar-refractivity contribution in [2.75, 3.05) is 0 Å². The van der Waals surface area contributed by atoms with Gasteiger partial charge in [0.1, 0.15) is 17.4 Å². The van der Waals surface area contributed by atoms with Crippen LogP contribution in [0.2, 0.25) is 0 Å². The third-order valence-corrected chi connectivity index (χ3v) is 6.76. The minimum absolute atomic E-state index is 0.00224. The van der Waals surface area contributed by atoms with Gasteiger partial charge in [-0.3, -0.25) is 4.79 Å². The highest BCUT2D eigenvalue weighted by atomic mass is 19.1. The molecule has 2 aromatic heterocycles. The van der Waals surface area contributed by atoms with Gasteiger partial charge in [0.05, 0.1) is 12.5 Å². The topological polar surface area (TPSA) is 67.1 Å². The predicted molar refractivity (Wildman–Crippen MR) is 119 cm³/mol. The molecule has 32 heavy (non-hydrogen) atoms. The average Bonchev–Trinajstić information content (AvgIpc) is 3.37. The molecule has 2 fully saturated rings. The van der Waals surface area contributed by atoms with E-state index in [-0.39, 0.29) is 29.8 Å². The highest BCUT2D eigenvalue weighted by Gasteiger charge is 2.43. The summed E-state index contributed by atoms with van der Waals surface area (Å²) in [6, 6.07) is 5.12. The van der Waals surface area contributed by atoms with E-state index < -0.39 is 5.82 Å². The number of hydrogen-bond acceptors (Lipinski definition) is 4. The lowest BCUT2D eigenvalue weighted by Gasteiger charge is -2.38. The van der Waals surface area contributed by atoms with Gasteiger partial charge in [-0.1, -0.05) is 13.5 Å². The minimum atomic E-state index is -0.652. The molecule has 166 valence electrons. The van der Waals surface area contributed by atoms with Crippen LogP contribution in [0, 0.1) is 5.82 Å². The van der Waals surface area contributed by atoms with Crippen molar-refractivity contribution in [1.29, 1.82) is 0 Å². The number of halogens is 1. The van der Waals surface area contributed by atoms with Crippen LogP contribution in [-0.2, 0) is 11.2 Å². The lowest BCUT2D eigenvalue weighted by Crippen LogP contribution is -2.48. The number of amides is 1. The van der Waals surface area contributed by atoms with Crippen molar-refractivity contribution in [2.45, 2.75) is 57.2 Å². The standard InChI is InChI=1S/C25H26FN3O3/c1-3-15-7-23(30)21(26)11-20(15)16-8-24(22-12-27-14-28(22)13-16)32-19-9-17-5-6-18(10-19)29(17)25(31)4-2/h4,7-8,11-14,17-19,30H,2-3,5-6,9-10H2,1H3/t17-,18+,19?. The molecule has 1 unspecified atom stereocenters. The number of benzene rings is 1. The van der Waals surface area contributed by atoms with Crippen LogP contribution in [0.1, 0.15) is 38.2 Å². The van der Waals surface area contributed by atoms with Crippen LogP contribution < -0.4 is 4.74 Å². The number of pyridine rings is 1. The summed E-state index contributed by atoms with van der Waals surface area (Å²) >= 11 is 0. The molecule has 5 rings (SSSR count). The summed E-state index contributed by atoms with van der Waals surface area (Å²) < 4.78 is 22.6. The number of piperidine rings is 1. The zero-order chi connectivity index (χ0) is 22.4. The Bertz CT molecular complexity index is 1190. The number of imidazole rings is 1. The van der Waals surface area contributed by atoms with Gasteiger partial charge in [0.15, 0.2) is 11.6 Å². The predicted octanol–water partition coefficient (Wildman–Crippen LogP) is 4.50. The molecule has 2 aliphatic rings. The Morgan fingerprint density at radius 2 is 2.06 bits per heavy atom. The van der Waals surface area contributed by atoms with Gasteiger partial charge in [-0.2, -0.15) is 0 Å². The molecular formula is C25H26FN3O3. The van der Waals surface area contributed by atoms with Gasteiger partial charge >= 0.3 is 0 Å². The number of rotatable bonds is 5. The maximum atomic E-state index is 14.2. The Kier molecular flexibility index (Phi) is 5.12. The molecule has 0 radical (unpaired) electrons. The number of aromatic hydroxyl groups is 1. The highest BCUT2D eigenvalue weighted by Crippen LogP contribution is 2.39. The van der Waals surface area contributed by atoms with Gasteiger partial charge < -0.3 is 19.1 Å². The van der Waals surface area contributed by atoms with Gasteiger partial charge in [-0.25, -0.2) is 9.37 Å². The Balaban J connectivity index is 1.49. The van der Waals surface area contributed by atoms with Gasteiger partial charge in [0, 0.05) is 36.7 Å². The molecule has 2 bridgehead atoms. The lowest BCUT2D eigenvalue weighted by atomic mass is 9.98. The first-order valence-electron chi connectivity index (χ1n) is 11.1. The summed E-state index contributed by atoms with van der Waals surface area (Å²) in [6.45, 7) is 5.61. The van der Waals surface area contributed by atoms with E-state index >= 15 is 0 Å². The second kappa shape index (κ2) is 7.97. The second-order valence-corrected chi connectivity index (χ2v) is 8.64. The summed E-state index contributed by atoms with van der Waals surface area (Å²) in [5, 5.41) is 9.80. The first-order chi connectivity index (χ1) is 15.5. The Morgan fingerprint density at radius 1 is 1.31 bits per heavy atom. The fourth-order valence-electron chi connectivity index (χ4n) is 5.28. The molecule has 2 aliphatic heterocycles. The number of carbonyl (C=O) groups excluding carboxylic acids is 1. The van der Waals surface area contributed by atoms with E-state index in [1.54, 1.807) is 12.5 Å². The molecule has 1 amide bonds. The number of nitrogens with zero attached hydrogens (tertiary/aromatic N) is 3. The van der Waals surface area contributed by atoms with Crippen LogP contribution in [0.25, 0.3) is 16.6 Å². The number of hydrogen-bond donors (Lipinski definition) is 1. The summed E-state index contributed by atoms with van der Waals surface area (Å²) in [5.74, 6) is -0.315. The molecule has 2 saturated heterocycles. The van der Waals surface area contributed by atoms with Crippen molar-refractivity contribution in [3.63, 3.8) is 0 Å². The summed E-state index contributed by atoms with van der Waals surface area (Å²) in [4.78, 5) is 18.5. The molecule has 3 atom stereocenters. The zero-order valence-electron chi connectivity index (χ0n) is 18.0. The SMILES string of the molecule is C=CC(=O)N1[C@@H]2CC[C@H]1CC(Oc1cc(-c3cc(F)c(O)cc3CC)cn3cncc13)C2. The van der Waals surface area contributed by atoms with E-state index in [0.717, 1.165) is 47.9 Å². The van der Waals surface area contributed by atoms with Gasteiger partial charge in [-0.15, -0.1) is 0 Å². The normalized spacial score (nSPS) is 22.3. The van der Waals surface area contributed by atoms with Crippen molar-refractivity contribution in [3.05, 3.63) is 61.0 Å². The largest absolute Gasteiger partial charge is 0.505 e. The molecule has 1 aromatic carbocycles. The second-order valence-electron chi connectivity index (χ2n) is 8.64. The summed E-state index contributed by atoms with van der Waals surface area (Å²) in [5.41, 5.74) is 3.20. The quantitative estimate of drug-likeness (QED) is 0.600. The van der Waals surface area contributed by atoms with E-state index in [2.05, 4.69) is 11.6 Å². The molecule has 0 spiro atoms. The smallest absolute Gasteiger partial charge is 0.246 e. The third kappa shape index (κ3) is 3.42. The summed E-state index contributed by atoms with van der Waals surface area (Å²) in [6.07, 6.45) is 10.9. The molecular weight excluding hydrogens is 409 g/mol. The zero-order valence-corrected chi connectivity index (χ0v) is 18.0. The van der Waals surface area contributed by atoms with Crippen LogP contribution in [0.15, 0.2) is 49.6 Å². The third-order valence-electron chi connectivity index (χ3n) is 6.76. The van der Waals surface area contributed by atoms with E-state index in [0.29, 0.717) is 12.2 Å². The fourth-order valence-corrected chi connectivity index (χ4v) is 5.28. The highest BCUT2D eigenvalue weighted by molar-refractivity contribution is 5.88. The maximum absolute atomic E-state index is 14.2. The van der Waals surface area contributed by atoms with Crippen molar-refractivity contribution < 1.29 is 19.0 Å². The maximum Gasteiger partial charge on any atom is 0.246 e. The van der Waals surface area contributed by atoms with Gasteiger partial charge in [-0.05, 0) is 54.7 Å². The van der Waals surface area contributed by atoms with Crippen LogP contribution in [0.3, 0.4) is 0 Å². The summed E-state index contributed by atoms with van der Waals surface area (Å²) in [7, 11) is 0. The van der Waals surface area contributed by atoms with Crippen molar-refractivity contribution in [2.24, 2.45) is 0 Å². The number of phenolic OH excluding ortho intramolecular Hbond substituents is 1. The average molecular weight is 435 g/mol. The number of phenols is 1. The molecule has 4 heterocycles. The molecule has 1 N–H and O–H groups in total. The van der Waals surface area contributed by atoms with Gasteiger partial charge in [0.2, 0.25) is 5.91 Å². The van der Waals surface area contributed by atoms with E-state index in [9.17, 15) is 14.3 Å². The van der Waals surface area contributed by atoms with Gasteiger partial charge in [0.25, 0.3) is 0 Å². The minimum Gasteiger partial charge on any atom is -0.505 e. The van der Waals surface area contributed by atoms with Crippen molar-refractivity contribution in [1.82, 2.24) is 14.3 Å². The van der Waals surface area contributed by atoms with Crippen LogP contribution in [0.5, 0.6) is 11.5 Å². The molecule has 6 nitrogen and oxygen atoms in total.